The van der Waals surface area contributed by atoms with Gasteiger partial charge in [-0.1, -0.05) is 0 Å². The molecular weight excluding hydrogens is 350 g/mol. The number of hydrogen-bond acceptors (Lipinski definition) is 6. The second kappa shape index (κ2) is 8.44. The molecule has 0 spiro atoms. The van der Waals surface area contributed by atoms with Crippen LogP contribution in [0.1, 0.15) is 23.2 Å². The first-order valence-electron chi connectivity index (χ1n) is 8.55. The summed E-state index contributed by atoms with van der Waals surface area (Å²) in [5.41, 5.74) is 1.02. The molecule has 0 aromatic heterocycles. The Labute approximate surface area is 157 Å². The van der Waals surface area contributed by atoms with E-state index in [1.807, 2.05) is 0 Å². The van der Waals surface area contributed by atoms with Crippen LogP contribution in [0.4, 0.5) is 5.69 Å². The summed E-state index contributed by atoms with van der Waals surface area (Å²) in [7, 11) is 3.06. The average Bonchev–Trinajstić information content (AvgIpc) is 2.71. The lowest BCUT2D eigenvalue weighted by Crippen LogP contribution is -2.16. The van der Waals surface area contributed by atoms with Crippen molar-refractivity contribution in [2.75, 3.05) is 32.8 Å². The first kappa shape index (κ1) is 18.6. The fourth-order valence-corrected chi connectivity index (χ4v) is 2.70. The molecule has 2 aromatic rings. The fraction of sp³-hybridized carbons (Fsp3) is 0.300. The zero-order chi connectivity index (χ0) is 19.2. The number of anilines is 1. The third kappa shape index (κ3) is 4.49. The quantitative estimate of drug-likeness (QED) is 0.753. The minimum atomic E-state index is -0.274. The van der Waals surface area contributed by atoms with E-state index < -0.39 is 0 Å². The highest BCUT2D eigenvalue weighted by Gasteiger charge is 2.16. The summed E-state index contributed by atoms with van der Waals surface area (Å²) in [4.78, 5) is 24.6. The predicted molar refractivity (Wildman–Crippen MR) is 99.2 cm³/mol. The number of carbonyl (C=O) groups excluding carboxylic acids is 2. The van der Waals surface area contributed by atoms with Gasteiger partial charge in [0.05, 0.1) is 19.9 Å². The number of ketones is 1. The van der Waals surface area contributed by atoms with Gasteiger partial charge >= 0.3 is 0 Å². The molecule has 27 heavy (non-hydrogen) atoms. The minimum Gasteiger partial charge on any atom is -0.497 e. The summed E-state index contributed by atoms with van der Waals surface area (Å²) < 4.78 is 21.3. The van der Waals surface area contributed by atoms with E-state index >= 15 is 0 Å². The molecule has 1 amide bonds. The number of amides is 1. The second-order valence-electron chi connectivity index (χ2n) is 5.90. The van der Waals surface area contributed by atoms with E-state index in [-0.39, 0.29) is 24.5 Å². The van der Waals surface area contributed by atoms with E-state index in [9.17, 15) is 9.59 Å². The Morgan fingerprint density at radius 3 is 2.48 bits per heavy atom. The average molecular weight is 371 g/mol. The van der Waals surface area contributed by atoms with Gasteiger partial charge in [0.2, 0.25) is 5.91 Å². The van der Waals surface area contributed by atoms with Crippen LogP contribution in [0.3, 0.4) is 0 Å². The molecule has 1 heterocycles. The standard InChI is InChI=1S/C20H21NO6/c1-24-14-4-5-15(18(12-14)25-2)21-20(23)8-6-16(22)13-3-7-17-19(11-13)27-10-9-26-17/h3-5,7,11-12H,6,8-10H2,1-2H3,(H,21,23). The summed E-state index contributed by atoms with van der Waals surface area (Å²) in [5, 5.41) is 2.75. The number of carbonyl (C=O) groups is 2. The first-order chi connectivity index (χ1) is 13.1. The number of rotatable bonds is 7. The van der Waals surface area contributed by atoms with Crippen LogP contribution >= 0.6 is 0 Å². The second-order valence-corrected chi connectivity index (χ2v) is 5.90. The van der Waals surface area contributed by atoms with Crippen LogP contribution in [0.2, 0.25) is 0 Å². The topological polar surface area (TPSA) is 83.1 Å². The van der Waals surface area contributed by atoms with Crippen molar-refractivity contribution < 1.29 is 28.5 Å². The highest BCUT2D eigenvalue weighted by atomic mass is 16.6. The van der Waals surface area contributed by atoms with E-state index in [1.165, 1.54) is 7.11 Å². The molecule has 0 unspecified atom stereocenters. The molecule has 1 aliphatic heterocycles. The van der Waals surface area contributed by atoms with E-state index in [0.29, 0.717) is 47.5 Å². The zero-order valence-electron chi connectivity index (χ0n) is 15.2. The van der Waals surface area contributed by atoms with Crippen molar-refractivity contribution in [2.24, 2.45) is 0 Å². The Morgan fingerprint density at radius 1 is 0.963 bits per heavy atom. The predicted octanol–water partition coefficient (Wildman–Crippen LogP) is 3.08. The van der Waals surface area contributed by atoms with Crippen LogP contribution in [-0.4, -0.2) is 39.1 Å². The van der Waals surface area contributed by atoms with Crippen LogP contribution in [0, 0.1) is 0 Å². The molecule has 0 aliphatic carbocycles. The summed E-state index contributed by atoms with van der Waals surface area (Å²) in [5.74, 6) is 1.88. The van der Waals surface area contributed by atoms with Gasteiger partial charge in [0.1, 0.15) is 24.7 Å². The van der Waals surface area contributed by atoms with Crippen LogP contribution in [0.15, 0.2) is 36.4 Å². The lowest BCUT2D eigenvalue weighted by molar-refractivity contribution is -0.116. The van der Waals surface area contributed by atoms with Gasteiger partial charge in [0.25, 0.3) is 0 Å². The Balaban J connectivity index is 1.58. The molecule has 0 saturated heterocycles. The summed E-state index contributed by atoms with van der Waals surface area (Å²) >= 11 is 0. The monoisotopic (exact) mass is 371 g/mol. The lowest BCUT2D eigenvalue weighted by Gasteiger charge is -2.18. The van der Waals surface area contributed by atoms with E-state index in [2.05, 4.69) is 5.32 Å². The van der Waals surface area contributed by atoms with E-state index in [1.54, 1.807) is 43.5 Å². The zero-order valence-corrected chi connectivity index (χ0v) is 15.2. The van der Waals surface area contributed by atoms with Gasteiger partial charge < -0.3 is 24.3 Å². The highest BCUT2D eigenvalue weighted by Crippen LogP contribution is 2.31. The molecule has 1 aliphatic rings. The van der Waals surface area contributed by atoms with Gasteiger partial charge in [-0.2, -0.15) is 0 Å². The van der Waals surface area contributed by atoms with Gasteiger partial charge in [-0.15, -0.1) is 0 Å². The number of nitrogens with one attached hydrogen (secondary N) is 1. The summed E-state index contributed by atoms with van der Waals surface area (Å²) in [6, 6.07) is 10.1. The lowest BCUT2D eigenvalue weighted by atomic mass is 10.1. The molecule has 7 heteroatoms. The SMILES string of the molecule is COc1ccc(NC(=O)CCC(=O)c2ccc3c(c2)OCCO3)c(OC)c1. The van der Waals surface area contributed by atoms with Crippen LogP contribution in [-0.2, 0) is 4.79 Å². The maximum Gasteiger partial charge on any atom is 0.224 e. The third-order valence-electron chi connectivity index (χ3n) is 4.13. The summed E-state index contributed by atoms with van der Waals surface area (Å²) in [6.45, 7) is 0.950. The van der Waals surface area contributed by atoms with Gasteiger partial charge in [-0.25, -0.2) is 0 Å². The molecule has 142 valence electrons. The van der Waals surface area contributed by atoms with Gasteiger partial charge in [0.15, 0.2) is 17.3 Å². The summed E-state index contributed by atoms with van der Waals surface area (Å²) in [6.07, 6.45) is 0.145. The van der Waals surface area contributed by atoms with Crippen LogP contribution < -0.4 is 24.3 Å². The van der Waals surface area contributed by atoms with Crippen LogP contribution in [0.5, 0.6) is 23.0 Å². The molecule has 0 atom stereocenters. The normalized spacial score (nSPS) is 12.2. The van der Waals surface area contributed by atoms with Gasteiger partial charge in [0, 0.05) is 24.5 Å². The van der Waals surface area contributed by atoms with Crippen molar-refractivity contribution in [3.8, 4) is 23.0 Å². The van der Waals surface area contributed by atoms with E-state index in [0.717, 1.165) is 0 Å². The number of methoxy groups -OCH3 is 2. The number of benzene rings is 2. The maximum absolute atomic E-state index is 12.4. The Kier molecular flexibility index (Phi) is 5.80. The van der Waals surface area contributed by atoms with Crippen LogP contribution in [0.25, 0.3) is 0 Å². The van der Waals surface area contributed by atoms with Crippen molar-refractivity contribution in [3.05, 3.63) is 42.0 Å². The third-order valence-corrected chi connectivity index (χ3v) is 4.13. The van der Waals surface area contributed by atoms with Crippen molar-refractivity contribution in [1.82, 2.24) is 0 Å². The maximum atomic E-state index is 12.4. The molecule has 7 nitrogen and oxygen atoms in total. The highest BCUT2D eigenvalue weighted by molar-refractivity contribution is 6.00. The molecule has 0 fully saturated rings. The number of hydrogen-bond donors (Lipinski definition) is 1. The number of Topliss-reactive ketones (excluding diaryl/α,β-unsaturated/α-hetero) is 1. The Hall–Kier alpha value is -3.22. The molecule has 0 bridgehead atoms. The molecule has 0 radical (unpaired) electrons. The number of fused-ring (bicyclic) bond motifs is 1. The van der Waals surface area contributed by atoms with E-state index in [4.69, 9.17) is 18.9 Å². The largest absolute Gasteiger partial charge is 0.497 e. The van der Waals surface area contributed by atoms with Crippen molar-refractivity contribution in [2.45, 2.75) is 12.8 Å². The van der Waals surface area contributed by atoms with Crippen molar-refractivity contribution in [3.63, 3.8) is 0 Å². The Morgan fingerprint density at radius 2 is 1.74 bits per heavy atom. The smallest absolute Gasteiger partial charge is 0.224 e. The Bertz CT molecular complexity index is 848. The minimum absolute atomic E-state index is 0.0580. The molecule has 3 rings (SSSR count). The van der Waals surface area contributed by atoms with Gasteiger partial charge in [-0.3, -0.25) is 9.59 Å². The fourth-order valence-electron chi connectivity index (χ4n) is 2.70. The number of ether oxygens (including phenoxy) is 4. The molecular formula is C20H21NO6. The van der Waals surface area contributed by atoms with Crippen molar-refractivity contribution >= 4 is 17.4 Å². The molecule has 2 aromatic carbocycles. The van der Waals surface area contributed by atoms with Crippen molar-refractivity contribution in [1.29, 1.82) is 0 Å². The van der Waals surface area contributed by atoms with Gasteiger partial charge in [-0.05, 0) is 30.3 Å². The first-order valence-corrected chi connectivity index (χ1v) is 8.55. The molecule has 0 saturated carbocycles. The molecule has 1 N–H and O–H groups in total.